The molecule has 4 atom stereocenters. The molecule has 4 fully saturated rings. The Balaban J connectivity index is 1.47. The van der Waals surface area contributed by atoms with Crippen LogP contribution in [0.25, 0.3) is 0 Å². The Morgan fingerprint density at radius 3 is 0.853 bits per heavy atom. The zero-order valence-corrected chi connectivity index (χ0v) is 21.4. The van der Waals surface area contributed by atoms with E-state index in [9.17, 15) is 9.59 Å². The minimum Gasteiger partial charge on any atom is -0.289 e. The summed E-state index contributed by atoms with van der Waals surface area (Å²) in [5.41, 5.74) is 6.39. The van der Waals surface area contributed by atoms with E-state index < -0.39 is 0 Å². The Morgan fingerprint density at radius 1 is 0.471 bits per heavy atom. The molecule has 0 bridgehead atoms. The van der Waals surface area contributed by atoms with Crippen LogP contribution in [0.1, 0.15) is 79.1 Å². The number of rotatable bonds is 8. The van der Waals surface area contributed by atoms with Crippen LogP contribution in [0.3, 0.4) is 0 Å². The zero-order valence-electron chi connectivity index (χ0n) is 21.4. The van der Waals surface area contributed by atoms with Gasteiger partial charge in [0, 0.05) is 22.3 Å². The van der Waals surface area contributed by atoms with Crippen LogP contribution in [-0.4, -0.2) is 11.6 Å². The molecule has 180 valence electrons. The summed E-state index contributed by atoms with van der Waals surface area (Å²) >= 11 is 0. The van der Waals surface area contributed by atoms with E-state index in [2.05, 4.69) is 52.0 Å². The van der Waals surface area contributed by atoms with Crippen molar-refractivity contribution in [2.75, 3.05) is 0 Å². The maximum Gasteiger partial charge on any atom is 0.185 e. The van der Waals surface area contributed by atoms with Crippen molar-refractivity contribution in [3.05, 3.63) is 57.7 Å². The lowest BCUT2D eigenvalue weighted by molar-refractivity contribution is -0.114. The van der Waals surface area contributed by atoms with Crippen LogP contribution in [0.5, 0.6) is 0 Å². The quantitative estimate of drug-likeness (QED) is 0.383. The molecule has 0 saturated heterocycles. The second-order valence-electron chi connectivity index (χ2n) is 12.5. The minimum atomic E-state index is 0.293. The lowest BCUT2D eigenvalue weighted by Gasteiger charge is -2.27. The summed E-state index contributed by atoms with van der Waals surface area (Å²) in [4.78, 5) is 27.3. The highest BCUT2D eigenvalue weighted by molar-refractivity contribution is 6.12. The number of carbonyl (C=O) groups excluding carboxylic acids is 2. The van der Waals surface area contributed by atoms with Gasteiger partial charge in [-0.25, -0.2) is 0 Å². The molecule has 0 unspecified atom stereocenters. The standard InChI is InChI=1S/C32H40O2/c1-17(21-5-6-21)27-13-25(14-28(31(27)33)18(2)22-7-8-22)26-15-29(19(3)23-9-10-23)32(34)30(16-26)20(4)24-11-12-24/h13-24H,5-12H2,1-4H3/t17-,18-,19-,20-/m1/s1. The molecule has 0 heterocycles. The van der Waals surface area contributed by atoms with Gasteiger partial charge in [-0.05, 0) is 134 Å². The fraction of sp³-hybridized carbons (Fsp3) is 0.625. The molecule has 0 aromatic rings. The third-order valence-corrected chi connectivity index (χ3v) is 9.90. The molecule has 0 aliphatic heterocycles. The van der Waals surface area contributed by atoms with Crippen molar-refractivity contribution in [2.24, 2.45) is 47.3 Å². The van der Waals surface area contributed by atoms with Gasteiger partial charge in [-0.15, -0.1) is 0 Å². The first kappa shape index (κ1) is 22.5. The van der Waals surface area contributed by atoms with E-state index in [1.165, 1.54) is 51.4 Å². The second kappa shape index (κ2) is 8.32. The third kappa shape index (κ3) is 4.16. The summed E-state index contributed by atoms with van der Waals surface area (Å²) in [6.07, 6.45) is 18.8. The Morgan fingerprint density at radius 2 is 0.676 bits per heavy atom. The predicted molar refractivity (Wildman–Crippen MR) is 137 cm³/mol. The Labute approximate surface area is 205 Å². The van der Waals surface area contributed by atoms with Gasteiger partial charge in [0.1, 0.15) is 0 Å². The van der Waals surface area contributed by atoms with Crippen molar-refractivity contribution in [3.63, 3.8) is 0 Å². The molecule has 4 saturated carbocycles. The van der Waals surface area contributed by atoms with E-state index in [0.717, 1.165) is 33.4 Å². The van der Waals surface area contributed by atoms with Crippen molar-refractivity contribution in [2.45, 2.75) is 79.1 Å². The molecule has 0 aromatic carbocycles. The van der Waals surface area contributed by atoms with E-state index in [-0.39, 0.29) is 0 Å². The molecule has 0 aromatic heterocycles. The minimum absolute atomic E-state index is 0.293. The molecule has 0 radical (unpaired) electrons. The van der Waals surface area contributed by atoms with E-state index in [1.54, 1.807) is 0 Å². The van der Waals surface area contributed by atoms with Crippen LogP contribution in [0.2, 0.25) is 0 Å². The van der Waals surface area contributed by atoms with E-state index >= 15 is 0 Å². The molecule has 6 aliphatic carbocycles. The SMILES string of the molecule is C[C@@H](C1=CC(=C2C=C([C@H](C)C3CC3)C(=O)C([C@H](C)C3CC3)=C2)C=C([C@H](C)C2CC2)C1=O)C1CC1. The van der Waals surface area contributed by atoms with Crippen molar-refractivity contribution < 1.29 is 9.59 Å². The second-order valence-corrected chi connectivity index (χ2v) is 12.5. The topological polar surface area (TPSA) is 34.1 Å². The molecule has 0 N–H and O–H groups in total. The van der Waals surface area contributed by atoms with E-state index in [1.807, 2.05) is 0 Å². The summed E-state index contributed by atoms with van der Waals surface area (Å²) in [6.45, 7) is 9.02. The van der Waals surface area contributed by atoms with Gasteiger partial charge < -0.3 is 0 Å². The van der Waals surface area contributed by atoms with Gasteiger partial charge in [-0.1, -0.05) is 27.7 Å². The molecule has 0 amide bonds. The summed E-state index contributed by atoms with van der Waals surface area (Å²) in [5.74, 6) is 4.52. The maximum absolute atomic E-state index is 13.6. The van der Waals surface area contributed by atoms with Crippen LogP contribution < -0.4 is 0 Å². The summed E-state index contributed by atoms with van der Waals surface area (Å²) in [6, 6.07) is 0. The number of allylic oxidation sites excluding steroid dienone is 10. The lowest BCUT2D eigenvalue weighted by Crippen LogP contribution is -2.24. The average molecular weight is 457 g/mol. The van der Waals surface area contributed by atoms with Crippen LogP contribution in [0.15, 0.2) is 57.7 Å². The van der Waals surface area contributed by atoms with E-state index in [4.69, 9.17) is 0 Å². The van der Waals surface area contributed by atoms with Gasteiger partial charge in [0.25, 0.3) is 0 Å². The third-order valence-electron chi connectivity index (χ3n) is 9.90. The monoisotopic (exact) mass is 456 g/mol. The number of carbonyl (C=O) groups is 2. The number of hydrogen-bond acceptors (Lipinski definition) is 2. The van der Waals surface area contributed by atoms with Crippen LogP contribution in [-0.2, 0) is 9.59 Å². The van der Waals surface area contributed by atoms with Crippen molar-refractivity contribution in [3.8, 4) is 0 Å². The first-order valence-electron chi connectivity index (χ1n) is 14.0. The smallest absolute Gasteiger partial charge is 0.185 e. The first-order chi connectivity index (χ1) is 16.3. The Bertz CT molecular complexity index is 910. The Kier molecular flexibility index (Phi) is 5.50. The number of Topliss-reactive ketones (excluding diaryl/α,β-unsaturated/α-hetero) is 2. The van der Waals surface area contributed by atoms with Crippen molar-refractivity contribution in [1.29, 1.82) is 0 Å². The van der Waals surface area contributed by atoms with Gasteiger partial charge in [-0.3, -0.25) is 9.59 Å². The molecular weight excluding hydrogens is 416 g/mol. The zero-order chi connectivity index (χ0) is 23.7. The van der Waals surface area contributed by atoms with Crippen LogP contribution in [0, 0.1) is 47.3 Å². The molecule has 0 spiro atoms. The fourth-order valence-corrected chi connectivity index (χ4v) is 6.44. The first-order valence-corrected chi connectivity index (χ1v) is 14.0. The van der Waals surface area contributed by atoms with Gasteiger partial charge in [0.05, 0.1) is 0 Å². The molecule has 34 heavy (non-hydrogen) atoms. The van der Waals surface area contributed by atoms with Crippen LogP contribution in [0.4, 0.5) is 0 Å². The summed E-state index contributed by atoms with van der Waals surface area (Å²) < 4.78 is 0. The maximum atomic E-state index is 13.6. The largest absolute Gasteiger partial charge is 0.289 e. The van der Waals surface area contributed by atoms with Gasteiger partial charge in [0.2, 0.25) is 0 Å². The van der Waals surface area contributed by atoms with Gasteiger partial charge >= 0.3 is 0 Å². The van der Waals surface area contributed by atoms with Crippen molar-refractivity contribution >= 4 is 11.6 Å². The highest BCUT2D eigenvalue weighted by Gasteiger charge is 2.41. The normalized spacial score (nSPS) is 29.2. The van der Waals surface area contributed by atoms with Gasteiger partial charge in [-0.2, -0.15) is 0 Å². The number of hydrogen-bond donors (Lipinski definition) is 0. The van der Waals surface area contributed by atoms with Crippen molar-refractivity contribution in [1.82, 2.24) is 0 Å². The Hall–Kier alpha value is -1.96. The molecule has 2 heteroatoms. The highest BCUT2D eigenvalue weighted by atomic mass is 16.1. The summed E-state index contributed by atoms with van der Waals surface area (Å²) in [5, 5.41) is 0. The van der Waals surface area contributed by atoms with E-state index in [0.29, 0.717) is 58.9 Å². The molecule has 2 nitrogen and oxygen atoms in total. The average Bonchev–Trinajstić information content (AvgIpc) is 3.68. The van der Waals surface area contributed by atoms with Crippen LogP contribution >= 0.6 is 0 Å². The number of ketones is 2. The molecule has 6 rings (SSSR count). The lowest BCUT2D eigenvalue weighted by atomic mass is 9.75. The summed E-state index contributed by atoms with van der Waals surface area (Å²) in [7, 11) is 0. The predicted octanol–water partition coefficient (Wildman–Crippen LogP) is 7.34. The highest BCUT2D eigenvalue weighted by Crippen LogP contribution is 2.49. The molecule has 6 aliphatic rings. The molecular formula is C32H40O2. The fourth-order valence-electron chi connectivity index (χ4n) is 6.44. The van der Waals surface area contributed by atoms with Gasteiger partial charge in [0.15, 0.2) is 11.6 Å².